The van der Waals surface area contributed by atoms with Gasteiger partial charge in [-0.1, -0.05) is 24.3 Å². The van der Waals surface area contributed by atoms with Crippen molar-refractivity contribution in [1.82, 2.24) is 20.1 Å². The number of hydrogen-bond acceptors (Lipinski definition) is 6. The molecule has 0 bridgehead atoms. The molecule has 1 aliphatic heterocycles. The predicted molar refractivity (Wildman–Crippen MR) is 128 cm³/mol. The molecule has 0 aliphatic carbocycles. The van der Waals surface area contributed by atoms with Gasteiger partial charge in [0.2, 0.25) is 5.91 Å². The van der Waals surface area contributed by atoms with Crippen LogP contribution in [0.5, 0.6) is 5.75 Å². The first-order valence-corrected chi connectivity index (χ1v) is 11.4. The topological polar surface area (TPSA) is 70.8 Å². The molecule has 1 aliphatic rings. The number of amides is 1. The summed E-state index contributed by atoms with van der Waals surface area (Å²) < 4.78 is 11.0. The lowest BCUT2D eigenvalue weighted by atomic mass is 10.1. The van der Waals surface area contributed by atoms with Gasteiger partial charge < -0.3 is 19.4 Å². The van der Waals surface area contributed by atoms with Gasteiger partial charge in [0, 0.05) is 57.7 Å². The molecule has 2 heterocycles. The van der Waals surface area contributed by atoms with E-state index in [0.29, 0.717) is 31.0 Å². The highest BCUT2D eigenvalue weighted by Crippen LogP contribution is 2.23. The Labute approximate surface area is 195 Å². The molecule has 1 amide bonds. The van der Waals surface area contributed by atoms with Crippen molar-refractivity contribution in [3.05, 3.63) is 71.7 Å². The summed E-state index contributed by atoms with van der Waals surface area (Å²) in [6, 6.07) is 16.1. The van der Waals surface area contributed by atoms with Crippen molar-refractivity contribution in [1.29, 1.82) is 0 Å². The third-order valence-corrected chi connectivity index (χ3v) is 5.98. The lowest BCUT2D eigenvalue weighted by Crippen LogP contribution is -2.43. The molecular weight excluding hydrogens is 416 g/mol. The molecule has 0 saturated carbocycles. The van der Waals surface area contributed by atoms with Gasteiger partial charge >= 0.3 is 0 Å². The Hall–Kier alpha value is -3.16. The molecule has 0 atom stereocenters. The number of carbonyl (C=O) groups excluding carboxylic acids is 1. The molecule has 1 saturated heterocycles. The van der Waals surface area contributed by atoms with Crippen LogP contribution in [0.3, 0.4) is 0 Å². The molecule has 0 unspecified atom stereocenters. The number of aryl methyl sites for hydroxylation is 1. The van der Waals surface area contributed by atoms with Gasteiger partial charge in [-0.2, -0.15) is 0 Å². The lowest BCUT2D eigenvalue weighted by Gasteiger charge is -2.32. The quantitative estimate of drug-likeness (QED) is 0.541. The number of nitrogens with zero attached hydrogens (tertiary/aromatic N) is 3. The number of aromatic nitrogens is 1. The fraction of sp³-hybridized carbons (Fsp3) is 0.385. The van der Waals surface area contributed by atoms with E-state index in [2.05, 4.69) is 51.4 Å². The third kappa shape index (κ3) is 6.66. The van der Waals surface area contributed by atoms with Crippen LogP contribution < -0.4 is 10.1 Å². The zero-order valence-corrected chi connectivity index (χ0v) is 19.4. The van der Waals surface area contributed by atoms with E-state index in [0.717, 1.165) is 49.6 Å². The Morgan fingerprint density at radius 3 is 2.61 bits per heavy atom. The van der Waals surface area contributed by atoms with Crippen LogP contribution in [0.2, 0.25) is 0 Å². The van der Waals surface area contributed by atoms with E-state index in [1.807, 2.05) is 24.3 Å². The summed E-state index contributed by atoms with van der Waals surface area (Å²) in [6.45, 7) is 5.90. The van der Waals surface area contributed by atoms with Crippen LogP contribution in [-0.4, -0.2) is 61.0 Å². The Bertz CT molecular complexity index is 1040. The van der Waals surface area contributed by atoms with Gasteiger partial charge in [-0.15, -0.1) is 0 Å². The molecule has 1 aromatic heterocycles. The fourth-order valence-electron chi connectivity index (χ4n) is 3.93. The average Bonchev–Trinajstić information content (AvgIpc) is 3.32. The van der Waals surface area contributed by atoms with E-state index < -0.39 is 0 Å². The van der Waals surface area contributed by atoms with Crippen LogP contribution in [0.25, 0.3) is 11.3 Å². The highest BCUT2D eigenvalue weighted by atomic mass is 16.5. The molecule has 0 radical (unpaired) electrons. The maximum absolute atomic E-state index is 12.4. The Kier molecular flexibility index (Phi) is 7.75. The predicted octanol–water partition coefficient (Wildman–Crippen LogP) is 3.35. The third-order valence-electron chi connectivity index (χ3n) is 5.98. The van der Waals surface area contributed by atoms with E-state index >= 15 is 0 Å². The number of likely N-dealkylation sites (N-methyl/N-ethyl adjacent to an activating group) is 1. The summed E-state index contributed by atoms with van der Waals surface area (Å²) >= 11 is 0. The van der Waals surface area contributed by atoms with Gasteiger partial charge in [0.05, 0.1) is 13.3 Å². The van der Waals surface area contributed by atoms with Crippen molar-refractivity contribution in [2.45, 2.75) is 25.9 Å². The van der Waals surface area contributed by atoms with E-state index in [9.17, 15) is 4.79 Å². The summed E-state index contributed by atoms with van der Waals surface area (Å²) in [6.07, 6.45) is 2.50. The highest BCUT2D eigenvalue weighted by molar-refractivity contribution is 5.76. The fourth-order valence-corrected chi connectivity index (χ4v) is 3.93. The van der Waals surface area contributed by atoms with E-state index in [-0.39, 0.29) is 5.91 Å². The second-order valence-electron chi connectivity index (χ2n) is 8.52. The van der Waals surface area contributed by atoms with Crippen LogP contribution in [0.15, 0.2) is 59.1 Å². The lowest BCUT2D eigenvalue weighted by molar-refractivity contribution is -0.121. The molecule has 0 spiro atoms. The zero-order chi connectivity index (χ0) is 23.0. The molecule has 3 aromatic rings. The number of oxazole rings is 1. The van der Waals surface area contributed by atoms with Crippen LogP contribution in [-0.2, 0) is 24.3 Å². The Morgan fingerprint density at radius 2 is 1.85 bits per heavy atom. The number of ether oxygens (including phenoxy) is 1. The van der Waals surface area contributed by atoms with Crippen LogP contribution in [0, 0.1) is 0 Å². The summed E-state index contributed by atoms with van der Waals surface area (Å²) in [7, 11) is 3.81. The minimum absolute atomic E-state index is 0.0105. The largest absolute Gasteiger partial charge is 0.497 e. The van der Waals surface area contributed by atoms with Crippen molar-refractivity contribution in [3.8, 4) is 17.1 Å². The Morgan fingerprint density at radius 1 is 1.09 bits per heavy atom. The first-order chi connectivity index (χ1) is 16.1. The summed E-state index contributed by atoms with van der Waals surface area (Å²) in [5.74, 6) is 2.03. The normalized spacial score (nSPS) is 14.8. The van der Waals surface area contributed by atoms with E-state index in [1.54, 1.807) is 13.3 Å². The van der Waals surface area contributed by atoms with Crippen molar-refractivity contribution in [2.24, 2.45) is 0 Å². The molecule has 1 fully saturated rings. The number of rotatable bonds is 9. The van der Waals surface area contributed by atoms with Crippen LogP contribution in [0.4, 0.5) is 0 Å². The maximum Gasteiger partial charge on any atom is 0.220 e. The molecule has 33 heavy (non-hydrogen) atoms. The minimum atomic E-state index is -0.0105. The van der Waals surface area contributed by atoms with Gasteiger partial charge in [-0.05, 0) is 42.4 Å². The number of methoxy groups -OCH3 is 1. The monoisotopic (exact) mass is 448 g/mol. The summed E-state index contributed by atoms with van der Waals surface area (Å²) in [5.41, 5.74) is 3.33. The molecule has 2 aromatic carbocycles. The molecule has 174 valence electrons. The maximum atomic E-state index is 12.4. The zero-order valence-electron chi connectivity index (χ0n) is 19.4. The molecule has 1 N–H and O–H groups in total. The standard InChI is InChI=1S/C26H32N4O3/c1-29-12-14-30(15-13-29)19-21-5-3-4-20(16-21)17-27-25(31)10-11-26-28-18-24(33-26)22-6-8-23(32-2)9-7-22/h3-9,16,18H,10-15,17,19H2,1-2H3,(H,27,31). The second kappa shape index (κ2) is 11.1. The molecule has 4 rings (SSSR count). The van der Waals surface area contributed by atoms with Gasteiger partial charge in [0.1, 0.15) is 5.75 Å². The van der Waals surface area contributed by atoms with Gasteiger partial charge in [-0.25, -0.2) is 4.98 Å². The summed E-state index contributed by atoms with van der Waals surface area (Å²) in [5, 5.41) is 3.01. The number of carbonyl (C=O) groups is 1. The first kappa shape index (κ1) is 23.0. The van der Waals surface area contributed by atoms with E-state index in [4.69, 9.17) is 9.15 Å². The number of hydrogen-bond donors (Lipinski definition) is 1. The number of benzene rings is 2. The van der Waals surface area contributed by atoms with Crippen molar-refractivity contribution in [3.63, 3.8) is 0 Å². The van der Waals surface area contributed by atoms with E-state index in [1.165, 1.54) is 5.56 Å². The van der Waals surface area contributed by atoms with Crippen molar-refractivity contribution >= 4 is 5.91 Å². The van der Waals surface area contributed by atoms with Gasteiger partial charge in [-0.3, -0.25) is 9.69 Å². The van der Waals surface area contributed by atoms with Gasteiger partial charge in [0.15, 0.2) is 11.7 Å². The average molecular weight is 449 g/mol. The number of piperazine rings is 1. The number of nitrogens with one attached hydrogen (secondary N) is 1. The molecule has 7 nitrogen and oxygen atoms in total. The minimum Gasteiger partial charge on any atom is -0.497 e. The van der Waals surface area contributed by atoms with Crippen molar-refractivity contribution < 1.29 is 13.9 Å². The van der Waals surface area contributed by atoms with Crippen LogP contribution >= 0.6 is 0 Å². The van der Waals surface area contributed by atoms with Crippen LogP contribution in [0.1, 0.15) is 23.4 Å². The molecule has 7 heteroatoms. The second-order valence-corrected chi connectivity index (χ2v) is 8.52. The smallest absolute Gasteiger partial charge is 0.220 e. The first-order valence-electron chi connectivity index (χ1n) is 11.4. The SMILES string of the molecule is COc1ccc(-c2cnc(CCC(=O)NCc3cccc(CN4CCN(C)CC4)c3)o2)cc1. The van der Waals surface area contributed by atoms with Crippen molar-refractivity contribution in [2.75, 3.05) is 40.3 Å². The van der Waals surface area contributed by atoms with Gasteiger partial charge in [0.25, 0.3) is 0 Å². The molecular formula is C26H32N4O3. The summed E-state index contributed by atoms with van der Waals surface area (Å²) in [4.78, 5) is 21.5. The Balaban J connectivity index is 1.22. The highest BCUT2D eigenvalue weighted by Gasteiger charge is 2.14.